The Labute approximate surface area is 107 Å². The van der Waals surface area contributed by atoms with E-state index in [0.717, 1.165) is 37.4 Å². The molecule has 0 radical (unpaired) electrons. The molecule has 0 spiro atoms. The highest BCUT2D eigenvalue weighted by Crippen LogP contribution is 2.30. The summed E-state index contributed by atoms with van der Waals surface area (Å²) in [6.45, 7) is 4.71. The van der Waals surface area contributed by atoms with E-state index in [2.05, 4.69) is 17.9 Å². The van der Waals surface area contributed by atoms with Crippen molar-refractivity contribution in [3.05, 3.63) is 23.8 Å². The van der Waals surface area contributed by atoms with E-state index in [-0.39, 0.29) is 0 Å². The van der Waals surface area contributed by atoms with Crippen LogP contribution in [0.5, 0.6) is 0 Å². The monoisotopic (exact) mass is 245 g/mol. The second kappa shape index (κ2) is 4.19. The molecule has 2 aliphatic rings. The van der Waals surface area contributed by atoms with Gasteiger partial charge in [0.15, 0.2) is 0 Å². The molecule has 0 saturated carbocycles. The minimum absolute atomic E-state index is 0.317. The Hall–Kier alpha value is -1.71. The Bertz CT molecular complexity index is 486. The van der Waals surface area contributed by atoms with Crippen LogP contribution < -0.4 is 10.6 Å². The number of nitrogens with zero attached hydrogens (tertiary/aromatic N) is 2. The van der Waals surface area contributed by atoms with Gasteiger partial charge in [0, 0.05) is 32.1 Å². The molecule has 2 heterocycles. The number of piperazine rings is 1. The van der Waals surface area contributed by atoms with E-state index in [9.17, 15) is 4.79 Å². The van der Waals surface area contributed by atoms with Crippen molar-refractivity contribution in [2.75, 3.05) is 30.3 Å². The predicted molar refractivity (Wildman–Crippen MR) is 72.5 cm³/mol. The van der Waals surface area contributed by atoms with Crippen molar-refractivity contribution >= 4 is 17.3 Å². The molecular weight excluding hydrogens is 226 g/mol. The third-order valence-corrected chi connectivity index (χ3v) is 4.02. The van der Waals surface area contributed by atoms with Crippen molar-refractivity contribution < 1.29 is 4.79 Å². The quantitative estimate of drug-likeness (QED) is 0.761. The SMILES string of the molecule is Cc1ccc(N)c(N2CCN3C(=O)CCC3C2)c1. The number of hydrogen-bond donors (Lipinski definition) is 1. The highest BCUT2D eigenvalue weighted by Gasteiger charge is 2.35. The Morgan fingerprint density at radius 1 is 1.33 bits per heavy atom. The summed E-state index contributed by atoms with van der Waals surface area (Å²) in [6, 6.07) is 6.53. The van der Waals surface area contributed by atoms with Crippen LogP contribution in [0.2, 0.25) is 0 Å². The summed E-state index contributed by atoms with van der Waals surface area (Å²) < 4.78 is 0. The molecule has 2 N–H and O–H groups in total. The van der Waals surface area contributed by atoms with Gasteiger partial charge in [0.05, 0.1) is 11.4 Å². The number of aryl methyl sites for hydroxylation is 1. The Kier molecular flexibility index (Phi) is 2.65. The molecule has 2 aliphatic heterocycles. The Balaban J connectivity index is 1.82. The van der Waals surface area contributed by atoms with Crippen molar-refractivity contribution in [2.45, 2.75) is 25.8 Å². The number of fused-ring (bicyclic) bond motifs is 1. The lowest BCUT2D eigenvalue weighted by molar-refractivity contribution is -0.129. The molecule has 1 atom stereocenters. The van der Waals surface area contributed by atoms with Gasteiger partial charge in [-0.1, -0.05) is 6.07 Å². The second-order valence-corrected chi connectivity index (χ2v) is 5.29. The van der Waals surface area contributed by atoms with Gasteiger partial charge in [0.25, 0.3) is 0 Å². The largest absolute Gasteiger partial charge is 0.397 e. The van der Waals surface area contributed by atoms with Crippen LogP contribution in [0, 0.1) is 6.92 Å². The summed E-state index contributed by atoms with van der Waals surface area (Å²) in [4.78, 5) is 16.0. The number of amides is 1. The number of carbonyl (C=O) groups is 1. The Morgan fingerprint density at radius 3 is 3.00 bits per heavy atom. The Morgan fingerprint density at radius 2 is 2.17 bits per heavy atom. The maximum absolute atomic E-state index is 11.7. The van der Waals surface area contributed by atoms with Crippen LogP contribution in [0.1, 0.15) is 18.4 Å². The van der Waals surface area contributed by atoms with Gasteiger partial charge in [-0.2, -0.15) is 0 Å². The highest BCUT2D eigenvalue weighted by molar-refractivity contribution is 5.79. The van der Waals surface area contributed by atoms with Crippen LogP contribution >= 0.6 is 0 Å². The standard InChI is InChI=1S/C14H19N3O/c1-10-2-4-12(15)13(8-10)16-6-7-17-11(9-16)3-5-14(17)18/h2,4,8,11H,3,5-7,9,15H2,1H3. The van der Waals surface area contributed by atoms with Crippen molar-refractivity contribution in [2.24, 2.45) is 0 Å². The van der Waals surface area contributed by atoms with Gasteiger partial charge in [0.2, 0.25) is 5.91 Å². The number of hydrogen-bond acceptors (Lipinski definition) is 3. The summed E-state index contributed by atoms with van der Waals surface area (Å²) >= 11 is 0. The lowest BCUT2D eigenvalue weighted by Crippen LogP contribution is -2.51. The van der Waals surface area contributed by atoms with E-state index in [1.807, 2.05) is 17.0 Å². The number of nitrogens with two attached hydrogens (primary N) is 1. The lowest BCUT2D eigenvalue weighted by atomic mass is 10.1. The molecule has 1 aromatic rings. The number of anilines is 2. The lowest BCUT2D eigenvalue weighted by Gasteiger charge is -2.39. The summed E-state index contributed by atoms with van der Waals surface area (Å²) in [7, 11) is 0. The summed E-state index contributed by atoms with van der Waals surface area (Å²) in [5, 5.41) is 0. The molecule has 0 aliphatic carbocycles. The van der Waals surface area contributed by atoms with Crippen LogP contribution in [0.3, 0.4) is 0 Å². The molecule has 4 nitrogen and oxygen atoms in total. The van der Waals surface area contributed by atoms with Gasteiger partial charge in [-0.3, -0.25) is 4.79 Å². The van der Waals surface area contributed by atoms with Crippen molar-refractivity contribution in [3.8, 4) is 0 Å². The first-order valence-corrected chi connectivity index (χ1v) is 6.55. The number of carbonyl (C=O) groups excluding carboxylic acids is 1. The number of rotatable bonds is 1. The van der Waals surface area contributed by atoms with Crippen molar-refractivity contribution in [3.63, 3.8) is 0 Å². The molecule has 1 aromatic carbocycles. The third-order valence-electron chi connectivity index (χ3n) is 4.02. The van der Waals surface area contributed by atoms with Crippen LogP contribution in [0.15, 0.2) is 18.2 Å². The molecule has 0 bridgehead atoms. The number of benzene rings is 1. The van der Waals surface area contributed by atoms with Gasteiger partial charge < -0.3 is 15.5 Å². The minimum Gasteiger partial charge on any atom is -0.397 e. The fourth-order valence-electron chi connectivity index (χ4n) is 3.01. The molecule has 3 rings (SSSR count). The van der Waals surface area contributed by atoms with E-state index in [1.54, 1.807) is 0 Å². The maximum Gasteiger partial charge on any atom is 0.223 e. The van der Waals surface area contributed by atoms with Crippen LogP contribution in [-0.2, 0) is 4.79 Å². The molecule has 2 fully saturated rings. The first kappa shape index (κ1) is 11.4. The summed E-state index contributed by atoms with van der Waals surface area (Å²) in [6.07, 6.45) is 1.70. The topological polar surface area (TPSA) is 49.6 Å². The second-order valence-electron chi connectivity index (χ2n) is 5.29. The van der Waals surface area contributed by atoms with Crippen LogP contribution in [0.4, 0.5) is 11.4 Å². The van der Waals surface area contributed by atoms with E-state index in [1.165, 1.54) is 5.56 Å². The third kappa shape index (κ3) is 1.82. The van der Waals surface area contributed by atoms with Crippen LogP contribution in [-0.4, -0.2) is 36.5 Å². The molecule has 2 saturated heterocycles. The van der Waals surface area contributed by atoms with Gasteiger partial charge in [-0.05, 0) is 31.0 Å². The molecular formula is C14H19N3O. The van der Waals surface area contributed by atoms with E-state index >= 15 is 0 Å². The first-order valence-electron chi connectivity index (χ1n) is 6.55. The average molecular weight is 245 g/mol. The molecule has 1 unspecified atom stereocenters. The highest BCUT2D eigenvalue weighted by atomic mass is 16.2. The van der Waals surface area contributed by atoms with E-state index < -0.39 is 0 Å². The van der Waals surface area contributed by atoms with Gasteiger partial charge >= 0.3 is 0 Å². The molecule has 96 valence electrons. The normalized spacial score (nSPS) is 23.4. The van der Waals surface area contributed by atoms with E-state index in [4.69, 9.17) is 5.73 Å². The summed E-state index contributed by atoms with van der Waals surface area (Å²) in [5.41, 5.74) is 9.24. The van der Waals surface area contributed by atoms with Crippen molar-refractivity contribution in [1.29, 1.82) is 0 Å². The smallest absolute Gasteiger partial charge is 0.223 e. The van der Waals surface area contributed by atoms with Crippen molar-refractivity contribution in [1.82, 2.24) is 4.90 Å². The number of nitrogen functional groups attached to an aromatic ring is 1. The fourth-order valence-corrected chi connectivity index (χ4v) is 3.01. The van der Waals surface area contributed by atoms with Gasteiger partial charge in [-0.25, -0.2) is 0 Å². The van der Waals surface area contributed by atoms with Crippen LogP contribution in [0.25, 0.3) is 0 Å². The molecule has 4 heteroatoms. The zero-order valence-corrected chi connectivity index (χ0v) is 10.7. The molecule has 18 heavy (non-hydrogen) atoms. The van der Waals surface area contributed by atoms with Gasteiger partial charge in [-0.15, -0.1) is 0 Å². The first-order chi connectivity index (χ1) is 8.65. The zero-order valence-electron chi connectivity index (χ0n) is 10.7. The zero-order chi connectivity index (χ0) is 12.7. The van der Waals surface area contributed by atoms with Gasteiger partial charge in [0.1, 0.15) is 0 Å². The molecule has 0 aromatic heterocycles. The maximum atomic E-state index is 11.7. The molecule has 1 amide bonds. The average Bonchev–Trinajstić information content (AvgIpc) is 2.74. The predicted octanol–water partition coefficient (Wildman–Crippen LogP) is 1.39. The minimum atomic E-state index is 0.317. The van der Waals surface area contributed by atoms with E-state index in [0.29, 0.717) is 18.4 Å². The fraction of sp³-hybridized carbons (Fsp3) is 0.500. The summed E-state index contributed by atoms with van der Waals surface area (Å²) in [5.74, 6) is 0.317.